The van der Waals surface area contributed by atoms with E-state index in [0.29, 0.717) is 16.0 Å². The zero-order valence-corrected chi connectivity index (χ0v) is 18.3. The second-order valence-electron chi connectivity index (χ2n) is 8.57. The molecule has 0 aromatic heterocycles. The molecule has 0 bridgehead atoms. The Bertz CT molecular complexity index is 1060. The molecule has 0 amide bonds. The largest absolute Gasteiger partial charge is 0.205 e. The average molecular weight is 419 g/mol. The number of aryl methyl sites for hydroxylation is 1. The van der Waals surface area contributed by atoms with Gasteiger partial charge in [-0.05, 0) is 66.0 Å². The number of benzene rings is 3. The smallest absolute Gasteiger partial charge is 0.146 e. The lowest BCUT2D eigenvalue weighted by Gasteiger charge is -2.27. The third-order valence-electron chi connectivity index (χ3n) is 6.59. The fourth-order valence-electron chi connectivity index (χ4n) is 4.57. The number of rotatable bonds is 4. The maximum absolute atomic E-state index is 15.0. The van der Waals surface area contributed by atoms with Crippen LogP contribution in [0.15, 0.2) is 54.6 Å². The molecule has 3 aromatic carbocycles. The van der Waals surface area contributed by atoms with Crippen LogP contribution in [0.5, 0.6) is 0 Å². The molecule has 0 saturated heterocycles. The molecule has 0 spiro atoms. The first kappa shape index (κ1) is 21.0. The highest BCUT2D eigenvalue weighted by Crippen LogP contribution is 2.33. The first-order valence-electron chi connectivity index (χ1n) is 11.1. The van der Waals surface area contributed by atoms with Gasteiger partial charge in [0, 0.05) is 16.0 Å². The molecule has 0 atom stereocenters. The summed E-state index contributed by atoms with van der Waals surface area (Å²) in [5, 5.41) is 2.27. The van der Waals surface area contributed by atoms with Gasteiger partial charge in [0.15, 0.2) is 0 Å². The van der Waals surface area contributed by atoms with E-state index in [-0.39, 0.29) is 5.82 Å². The van der Waals surface area contributed by atoms with Gasteiger partial charge in [-0.3, -0.25) is 0 Å². The first-order valence-corrected chi connectivity index (χ1v) is 11.5. The number of fused-ring (bicyclic) bond motifs is 1. The molecule has 0 aliphatic heterocycles. The topological polar surface area (TPSA) is 0 Å². The van der Waals surface area contributed by atoms with Crippen molar-refractivity contribution in [3.63, 3.8) is 0 Å². The van der Waals surface area contributed by atoms with Crippen LogP contribution < -0.4 is 0 Å². The minimum Gasteiger partial charge on any atom is -0.205 e. The van der Waals surface area contributed by atoms with Gasteiger partial charge >= 0.3 is 0 Å². The van der Waals surface area contributed by atoms with Crippen LogP contribution in [0.25, 0.3) is 10.8 Å². The van der Waals surface area contributed by atoms with Crippen LogP contribution in [0.4, 0.5) is 4.39 Å². The van der Waals surface area contributed by atoms with Crippen LogP contribution in [0.1, 0.15) is 62.1 Å². The van der Waals surface area contributed by atoms with Crippen molar-refractivity contribution in [2.45, 2.75) is 51.9 Å². The molecule has 3 aromatic rings. The van der Waals surface area contributed by atoms with E-state index in [2.05, 4.69) is 30.9 Å². The van der Waals surface area contributed by atoms with E-state index in [1.807, 2.05) is 24.3 Å². The zero-order valence-electron chi connectivity index (χ0n) is 17.6. The summed E-state index contributed by atoms with van der Waals surface area (Å²) in [6, 6.07) is 17.2. The second-order valence-corrected chi connectivity index (χ2v) is 9.01. The second kappa shape index (κ2) is 9.67. The quantitative estimate of drug-likeness (QED) is 0.374. The van der Waals surface area contributed by atoms with Crippen molar-refractivity contribution >= 4 is 22.4 Å². The van der Waals surface area contributed by atoms with Gasteiger partial charge in [0.25, 0.3) is 0 Å². The predicted octanol–water partition coefficient (Wildman–Crippen LogP) is 8.18. The summed E-state index contributed by atoms with van der Waals surface area (Å²) >= 11 is 5.90. The van der Waals surface area contributed by atoms with Crippen molar-refractivity contribution in [1.82, 2.24) is 0 Å². The number of hydrogen-bond acceptors (Lipinski definition) is 0. The minimum absolute atomic E-state index is 0.238. The average Bonchev–Trinajstić information content (AvgIpc) is 2.78. The standard InChI is InChI=1S/C28H28ClF/c1-2-20-3-5-21(6-4-20)7-8-23-12-18-27-25(19-23)15-14-24(28(27)30)13-9-22-10-16-26(29)17-11-22/h10-12,14-21H,2-8H2,1H3. The molecule has 0 radical (unpaired) electrons. The summed E-state index contributed by atoms with van der Waals surface area (Å²) in [5.74, 6) is 7.55. The highest BCUT2D eigenvalue weighted by molar-refractivity contribution is 6.30. The van der Waals surface area contributed by atoms with Crippen molar-refractivity contribution in [2.75, 3.05) is 0 Å². The van der Waals surface area contributed by atoms with Crippen molar-refractivity contribution < 1.29 is 4.39 Å². The van der Waals surface area contributed by atoms with E-state index in [9.17, 15) is 4.39 Å². The Labute approximate surface area is 184 Å². The zero-order chi connectivity index (χ0) is 20.9. The molecule has 154 valence electrons. The summed E-state index contributed by atoms with van der Waals surface area (Å²) in [7, 11) is 0. The third kappa shape index (κ3) is 5.05. The molecule has 0 N–H and O–H groups in total. The number of hydrogen-bond donors (Lipinski definition) is 0. The molecule has 0 heterocycles. The van der Waals surface area contributed by atoms with Crippen LogP contribution in [0, 0.1) is 29.5 Å². The normalized spacial score (nSPS) is 18.8. The molecule has 1 aliphatic rings. The van der Waals surface area contributed by atoms with E-state index in [1.54, 1.807) is 18.2 Å². The lowest BCUT2D eigenvalue weighted by molar-refractivity contribution is 0.259. The van der Waals surface area contributed by atoms with Crippen LogP contribution in [0.2, 0.25) is 5.02 Å². The van der Waals surface area contributed by atoms with Gasteiger partial charge in [-0.15, -0.1) is 0 Å². The van der Waals surface area contributed by atoms with Gasteiger partial charge in [0.1, 0.15) is 5.82 Å². The van der Waals surface area contributed by atoms with Crippen LogP contribution in [0.3, 0.4) is 0 Å². The van der Waals surface area contributed by atoms with Gasteiger partial charge in [0.05, 0.1) is 5.56 Å². The van der Waals surface area contributed by atoms with Crippen molar-refractivity contribution in [3.8, 4) is 11.8 Å². The Balaban J connectivity index is 1.45. The molecule has 1 fully saturated rings. The van der Waals surface area contributed by atoms with E-state index in [1.165, 1.54) is 44.1 Å². The summed E-state index contributed by atoms with van der Waals surface area (Å²) < 4.78 is 15.0. The maximum Gasteiger partial charge on any atom is 0.146 e. The Hall–Kier alpha value is -2.30. The molecule has 1 saturated carbocycles. The van der Waals surface area contributed by atoms with Gasteiger partial charge in [-0.2, -0.15) is 0 Å². The van der Waals surface area contributed by atoms with Gasteiger partial charge in [-0.1, -0.05) is 86.7 Å². The lowest BCUT2D eigenvalue weighted by Crippen LogP contribution is -2.14. The Morgan fingerprint density at radius 3 is 2.37 bits per heavy atom. The molecule has 30 heavy (non-hydrogen) atoms. The van der Waals surface area contributed by atoms with Crippen LogP contribution in [-0.2, 0) is 6.42 Å². The van der Waals surface area contributed by atoms with Gasteiger partial charge in [-0.25, -0.2) is 4.39 Å². The van der Waals surface area contributed by atoms with Gasteiger partial charge in [0.2, 0.25) is 0 Å². The van der Waals surface area contributed by atoms with E-state index < -0.39 is 0 Å². The Kier molecular flexibility index (Phi) is 6.76. The monoisotopic (exact) mass is 418 g/mol. The van der Waals surface area contributed by atoms with E-state index in [0.717, 1.165) is 29.2 Å². The molecule has 1 aliphatic carbocycles. The molecular weight excluding hydrogens is 391 g/mol. The predicted molar refractivity (Wildman–Crippen MR) is 125 cm³/mol. The summed E-state index contributed by atoms with van der Waals surface area (Å²) in [5.41, 5.74) is 2.56. The van der Waals surface area contributed by atoms with Gasteiger partial charge < -0.3 is 0 Å². The summed E-state index contributed by atoms with van der Waals surface area (Å²) in [4.78, 5) is 0. The fraction of sp³-hybridized carbons (Fsp3) is 0.357. The van der Waals surface area contributed by atoms with Crippen molar-refractivity contribution in [1.29, 1.82) is 0 Å². The van der Waals surface area contributed by atoms with Crippen molar-refractivity contribution in [3.05, 3.63) is 82.1 Å². The van der Waals surface area contributed by atoms with Crippen LogP contribution in [-0.4, -0.2) is 0 Å². The highest BCUT2D eigenvalue weighted by Gasteiger charge is 2.19. The minimum atomic E-state index is -0.238. The molecule has 0 nitrogen and oxygen atoms in total. The molecule has 0 unspecified atom stereocenters. The van der Waals surface area contributed by atoms with E-state index in [4.69, 9.17) is 11.6 Å². The number of halogens is 2. The maximum atomic E-state index is 15.0. The summed E-state index contributed by atoms with van der Waals surface area (Å²) in [6.07, 6.45) is 9.18. The lowest BCUT2D eigenvalue weighted by atomic mass is 9.78. The summed E-state index contributed by atoms with van der Waals surface area (Å²) in [6.45, 7) is 2.31. The first-order chi connectivity index (χ1) is 14.6. The molecule has 4 rings (SSSR count). The third-order valence-corrected chi connectivity index (χ3v) is 6.84. The molecule has 2 heteroatoms. The SMILES string of the molecule is CCC1CCC(CCc2ccc3c(F)c(C#Cc4ccc(Cl)cc4)ccc3c2)CC1. The highest BCUT2D eigenvalue weighted by atomic mass is 35.5. The van der Waals surface area contributed by atoms with E-state index >= 15 is 0 Å². The fourth-order valence-corrected chi connectivity index (χ4v) is 4.69. The Morgan fingerprint density at radius 1 is 0.900 bits per heavy atom. The molecular formula is C28H28ClF. The van der Waals surface area contributed by atoms with Crippen LogP contribution >= 0.6 is 11.6 Å². The van der Waals surface area contributed by atoms with Crippen molar-refractivity contribution in [2.24, 2.45) is 11.8 Å². The Morgan fingerprint density at radius 2 is 1.63 bits per heavy atom.